The molecule has 25 heavy (non-hydrogen) atoms. The van der Waals surface area contributed by atoms with Crippen LogP contribution in [0.25, 0.3) is 0 Å². The van der Waals surface area contributed by atoms with Crippen LogP contribution in [0, 0.1) is 0 Å². The Hall–Kier alpha value is -2.90. The van der Waals surface area contributed by atoms with Crippen molar-refractivity contribution in [2.75, 3.05) is 11.6 Å². The molecular formula is C17H19N3O5. The van der Waals surface area contributed by atoms with Gasteiger partial charge in [-0.25, -0.2) is 9.59 Å². The predicted octanol–water partition coefficient (Wildman–Crippen LogP) is 1.17. The van der Waals surface area contributed by atoms with Gasteiger partial charge in [-0.3, -0.25) is 9.80 Å². The monoisotopic (exact) mass is 345 g/mol. The Kier molecular flexibility index (Phi) is 4.69. The number of para-hydroxylation sites is 1. The molecule has 0 spiro atoms. The second-order valence-corrected chi connectivity index (χ2v) is 6.13. The second-order valence-electron chi connectivity index (χ2n) is 6.13. The van der Waals surface area contributed by atoms with Crippen LogP contribution in [-0.4, -0.2) is 57.3 Å². The highest BCUT2D eigenvalue weighted by Gasteiger charge is 2.40. The van der Waals surface area contributed by atoms with E-state index in [1.165, 1.54) is 9.91 Å². The topological polar surface area (TPSA) is 111 Å². The van der Waals surface area contributed by atoms with Gasteiger partial charge in [0.15, 0.2) is 6.04 Å². The lowest BCUT2D eigenvalue weighted by Crippen LogP contribution is -2.50. The molecule has 3 rings (SSSR count). The Bertz CT molecular complexity index is 718. The second kappa shape index (κ2) is 6.92. The molecule has 1 aromatic carbocycles. The predicted molar refractivity (Wildman–Crippen MR) is 89.4 cm³/mol. The highest BCUT2D eigenvalue weighted by molar-refractivity contribution is 6.40. The number of carboxylic acid groups (broad SMARTS) is 2. The lowest BCUT2D eigenvalue weighted by Gasteiger charge is -2.32. The molecule has 2 heterocycles. The Labute approximate surface area is 144 Å². The molecule has 0 aromatic heterocycles. The highest BCUT2D eigenvalue weighted by Crippen LogP contribution is 2.26. The first-order valence-electron chi connectivity index (χ1n) is 8.17. The molecule has 2 aliphatic heterocycles. The molecule has 132 valence electrons. The van der Waals surface area contributed by atoms with Crippen LogP contribution >= 0.6 is 0 Å². The first-order chi connectivity index (χ1) is 12.0. The normalized spacial score (nSPS) is 23.3. The number of amides is 1. The number of likely N-dealkylation sites (tertiary alicyclic amines) is 1. The van der Waals surface area contributed by atoms with Crippen molar-refractivity contribution < 1.29 is 24.6 Å². The van der Waals surface area contributed by atoms with E-state index in [1.807, 2.05) is 0 Å². The van der Waals surface area contributed by atoms with Crippen molar-refractivity contribution in [3.63, 3.8) is 0 Å². The van der Waals surface area contributed by atoms with Crippen LogP contribution in [0.15, 0.2) is 35.4 Å². The highest BCUT2D eigenvalue weighted by atomic mass is 16.4. The van der Waals surface area contributed by atoms with Crippen LogP contribution in [-0.2, 0) is 14.4 Å². The quantitative estimate of drug-likeness (QED) is 0.847. The number of carbonyl (C=O) groups is 3. The lowest BCUT2D eigenvalue weighted by molar-refractivity contribution is -0.149. The Morgan fingerprint density at radius 2 is 1.68 bits per heavy atom. The average Bonchev–Trinajstić information content (AvgIpc) is 3.07. The van der Waals surface area contributed by atoms with E-state index in [2.05, 4.69) is 5.10 Å². The van der Waals surface area contributed by atoms with E-state index in [1.54, 1.807) is 30.3 Å². The van der Waals surface area contributed by atoms with Crippen molar-refractivity contribution in [2.45, 2.75) is 37.8 Å². The minimum atomic E-state index is -1.08. The van der Waals surface area contributed by atoms with Crippen LogP contribution in [0.5, 0.6) is 0 Å². The number of aliphatic carboxylic acids is 2. The summed E-state index contributed by atoms with van der Waals surface area (Å²) in [6, 6.07) is 6.90. The number of hydrogen-bond donors (Lipinski definition) is 2. The number of hydrazone groups is 1. The van der Waals surface area contributed by atoms with Crippen LogP contribution in [0.4, 0.5) is 5.69 Å². The number of nitrogens with zero attached hydrogens (tertiary/aromatic N) is 3. The summed E-state index contributed by atoms with van der Waals surface area (Å²) in [6.07, 6.45) is 1.83. The third kappa shape index (κ3) is 3.33. The molecular weight excluding hydrogens is 326 g/mol. The minimum Gasteiger partial charge on any atom is -0.480 e. The van der Waals surface area contributed by atoms with Crippen molar-refractivity contribution in [1.29, 1.82) is 0 Å². The van der Waals surface area contributed by atoms with Gasteiger partial charge in [0.2, 0.25) is 0 Å². The van der Waals surface area contributed by atoms with Gasteiger partial charge in [0.25, 0.3) is 5.91 Å². The van der Waals surface area contributed by atoms with Gasteiger partial charge >= 0.3 is 11.9 Å². The molecule has 2 N–H and O–H groups in total. The Morgan fingerprint density at radius 1 is 1.00 bits per heavy atom. The summed E-state index contributed by atoms with van der Waals surface area (Å²) in [4.78, 5) is 37.0. The summed E-state index contributed by atoms with van der Waals surface area (Å²) in [7, 11) is 0. The van der Waals surface area contributed by atoms with E-state index >= 15 is 0 Å². The number of carboxylic acids is 2. The summed E-state index contributed by atoms with van der Waals surface area (Å²) in [6.45, 7) is 0.345. The lowest BCUT2D eigenvalue weighted by atomic mass is 10.0. The summed E-state index contributed by atoms with van der Waals surface area (Å²) in [5, 5.41) is 24.3. The molecule has 0 aliphatic carbocycles. The molecule has 0 saturated carbocycles. The number of rotatable bonds is 4. The first-order valence-corrected chi connectivity index (χ1v) is 8.17. The fourth-order valence-corrected chi connectivity index (χ4v) is 3.25. The number of benzene rings is 1. The summed E-state index contributed by atoms with van der Waals surface area (Å²) < 4.78 is 0. The van der Waals surface area contributed by atoms with Gasteiger partial charge in [0.1, 0.15) is 11.8 Å². The molecule has 2 atom stereocenters. The van der Waals surface area contributed by atoms with Crippen LogP contribution in [0.2, 0.25) is 0 Å². The standard InChI is InChI=1S/C17H19N3O5/c21-15(19-9-5-4-8-13(19)16(22)23)12-10-14(17(24)25)20(18-12)11-6-2-1-3-7-11/h1-3,6-7,13-14H,4-5,8-10H2,(H,22,23)(H,24,25). The summed E-state index contributed by atoms with van der Waals surface area (Å²) in [5.41, 5.74) is 0.663. The van der Waals surface area contributed by atoms with Gasteiger partial charge in [-0.1, -0.05) is 18.2 Å². The molecule has 1 fully saturated rings. The molecule has 0 bridgehead atoms. The Balaban J connectivity index is 1.87. The first kappa shape index (κ1) is 16.9. The van der Waals surface area contributed by atoms with Gasteiger partial charge in [-0.2, -0.15) is 5.10 Å². The summed E-state index contributed by atoms with van der Waals surface area (Å²) >= 11 is 0. The molecule has 1 saturated heterocycles. The van der Waals surface area contributed by atoms with Crippen LogP contribution < -0.4 is 5.01 Å². The Morgan fingerprint density at radius 3 is 2.32 bits per heavy atom. The number of hydrogen-bond acceptors (Lipinski definition) is 5. The zero-order chi connectivity index (χ0) is 18.0. The van der Waals surface area contributed by atoms with Gasteiger partial charge in [0, 0.05) is 13.0 Å². The van der Waals surface area contributed by atoms with Crippen LogP contribution in [0.1, 0.15) is 25.7 Å². The maximum Gasteiger partial charge on any atom is 0.328 e. The van der Waals surface area contributed by atoms with Crippen molar-refractivity contribution in [1.82, 2.24) is 4.90 Å². The van der Waals surface area contributed by atoms with Gasteiger partial charge < -0.3 is 15.1 Å². The molecule has 1 amide bonds. The van der Waals surface area contributed by atoms with Crippen molar-refractivity contribution in [2.24, 2.45) is 5.10 Å². The number of anilines is 1. The zero-order valence-corrected chi connectivity index (χ0v) is 13.5. The average molecular weight is 345 g/mol. The van der Waals surface area contributed by atoms with Crippen molar-refractivity contribution in [3.05, 3.63) is 30.3 Å². The number of piperidine rings is 1. The molecule has 8 nitrogen and oxygen atoms in total. The fourth-order valence-electron chi connectivity index (χ4n) is 3.25. The minimum absolute atomic E-state index is 0.0497. The molecule has 0 radical (unpaired) electrons. The smallest absolute Gasteiger partial charge is 0.328 e. The van der Waals surface area contributed by atoms with Crippen molar-refractivity contribution >= 4 is 29.2 Å². The van der Waals surface area contributed by atoms with E-state index in [0.29, 0.717) is 18.7 Å². The van der Waals surface area contributed by atoms with E-state index in [4.69, 9.17) is 0 Å². The molecule has 2 unspecified atom stereocenters. The maximum atomic E-state index is 12.8. The molecule has 8 heteroatoms. The SMILES string of the molecule is O=C(O)C1CCCCN1C(=O)C1=NN(c2ccccc2)C(C(=O)O)C1. The molecule has 2 aliphatic rings. The van der Waals surface area contributed by atoms with E-state index in [-0.39, 0.29) is 12.1 Å². The zero-order valence-electron chi connectivity index (χ0n) is 13.5. The third-order valence-electron chi connectivity index (χ3n) is 4.51. The third-order valence-corrected chi connectivity index (χ3v) is 4.51. The van der Waals surface area contributed by atoms with Gasteiger partial charge in [-0.15, -0.1) is 0 Å². The van der Waals surface area contributed by atoms with Gasteiger partial charge in [0.05, 0.1) is 5.69 Å². The largest absolute Gasteiger partial charge is 0.480 e. The van der Waals surface area contributed by atoms with E-state index in [0.717, 1.165) is 12.8 Å². The maximum absolute atomic E-state index is 12.8. The fraction of sp³-hybridized carbons (Fsp3) is 0.412. The van der Waals surface area contributed by atoms with Crippen molar-refractivity contribution in [3.8, 4) is 0 Å². The number of carbonyl (C=O) groups excluding carboxylic acids is 1. The van der Waals surface area contributed by atoms with Crippen LogP contribution in [0.3, 0.4) is 0 Å². The van der Waals surface area contributed by atoms with E-state index in [9.17, 15) is 24.6 Å². The summed E-state index contributed by atoms with van der Waals surface area (Å²) in [5.74, 6) is -2.61. The molecule has 1 aromatic rings. The van der Waals surface area contributed by atoms with Gasteiger partial charge in [-0.05, 0) is 31.4 Å². The van der Waals surface area contributed by atoms with E-state index < -0.39 is 29.9 Å².